The van der Waals surface area contributed by atoms with Crippen LogP contribution in [0.15, 0.2) is 73.1 Å². The summed E-state index contributed by atoms with van der Waals surface area (Å²) in [5, 5.41) is 13.4. The van der Waals surface area contributed by atoms with Crippen LogP contribution in [0.3, 0.4) is 0 Å². The highest BCUT2D eigenvalue weighted by molar-refractivity contribution is 5.92. The largest absolute Gasteiger partial charge is 0.475 e. The Morgan fingerprint density at radius 3 is 2.36 bits per heavy atom. The molecule has 2 aliphatic carbocycles. The fraction of sp³-hybridized carbons (Fsp3) is 0.290. The van der Waals surface area contributed by atoms with E-state index in [2.05, 4.69) is 15.3 Å². The maximum Gasteiger partial charge on any atom is 0.416 e. The van der Waals surface area contributed by atoms with Gasteiger partial charge in [-0.05, 0) is 73.6 Å². The summed E-state index contributed by atoms with van der Waals surface area (Å²) in [6.45, 7) is 0.179. The first kappa shape index (κ1) is 26.2. The molecule has 2 aromatic carbocycles. The molecule has 8 nitrogen and oxygen atoms in total. The number of carbonyl (C=O) groups is 1. The van der Waals surface area contributed by atoms with E-state index in [1.165, 1.54) is 18.6 Å². The Labute approximate surface area is 238 Å². The lowest BCUT2D eigenvalue weighted by molar-refractivity contribution is -0.137. The second-order valence-electron chi connectivity index (χ2n) is 11.1. The molecular formula is C31H27F3N6O2. The molecule has 11 heteroatoms. The summed E-state index contributed by atoms with van der Waals surface area (Å²) in [7, 11) is 0. The molecule has 0 spiro atoms. The summed E-state index contributed by atoms with van der Waals surface area (Å²) in [5.74, 6) is -0.246. The zero-order valence-corrected chi connectivity index (χ0v) is 22.5. The number of hydrogen-bond donors (Lipinski definition) is 2. The van der Waals surface area contributed by atoms with Gasteiger partial charge in [-0.2, -0.15) is 13.2 Å². The highest BCUT2D eigenvalue weighted by Crippen LogP contribution is 2.53. The first-order chi connectivity index (χ1) is 20.2. The first-order valence-electron chi connectivity index (χ1n) is 13.9. The fourth-order valence-electron chi connectivity index (χ4n) is 5.85. The van der Waals surface area contributed by atoms with E-state index >= 15 is 0 Å². The standard InChI is InChI=1S/C31H27F3N6O2/c32-31(33,34)22-11-9-19(10-12-22)18-40-24-25(37-28(40)20-5-3-8-23(17-20)39-15-1-2-16-39)35-27(29(41)42)36-26(24)38-30(13-14-30)21-6-4-7-21/h1-3,5,8-12,15-17,21H,4,6-7,13-14,18H2,(H,41,42)(H,35,36,38). The van der Waals surface area contributed by atoms with Crippen molar-refractivity contribution in [3.8, 4) is 17.1 Å². The molecule has 0 amide bonds. The number of imidazole rings is 1. The monoisotopic (exact) mass is 572 g/mol. The van der Waals surface area contributed by atoms with Gasteiger partial charge in [-0.15, -0.1) is 0 Å². The molecule has 2 fully saturated rings. The van der Waals surface area contributed by atoms with E-state index in [1.807, 2.05) is 57.9 Å². The van der Waals surface area contributed by atoms with Crippen molar-refractivity contribution in [2.75, 3.05) is 5.32 Å². The molecule has 2 aliphatic rings. The van der Waals surface area contributed by atoms with Crippen LogP contribution >= 0.6 is 0 Å². The van der Waals surface area contributed by atoms with E-state index < -0.39 is 17.7 Å². The fourth-order valence-corrected chi connectivity index (χ4v) is 5.85. The number of aromatic nitrogens is 5. The van der Waals surface area contributed by atoms with Crippen molar-refractivity contribution in [2.24, 2.45) is 5.92 Å². The molecule has 0 atom stereocenters. The van der Waals surface area contributed by atoms with Gasteiger partial charge in [-0.3, -0.25) is 0 Å². The molecule has 3 aromatic heterocycles. The Morgan fingerprint density at radius 2 is 1.74 bits per heavy atom. The minimum Gasteiger partial charge on any atom is -0.475 e. The smallest absolute Gasteiger partial charge is 0.416 e. The van der Waals surface area contributed by atoms with Crippen LogP contribution in [-0.4, -0.2) is 40.7 Å². The van der Waals surface area contributed by atoms with Gasteiger partial charge < -0.3 is 19.6 Å². The number of fused-ring (bicyclic) bond motifs is 1. The second kappa shape index (κ2) is 9.71. The van der Waals surface area contributed by atoms with Crippen LogP contribution in [0.1, 0.15) is 53.8 Å². The highest BCUT2D eigenvalue weighted by Gasteiger charge is 2.51. The zero-order chi connectivity index (χ0) is 29.1. The van der Waals surface area contributed by atoms with Crippen molar-refractivity contribution in [2.45, 2.75) is 50.4 Å². The van der Waals surface area contributed by atoms with Crippen LogP contribution < -0.4 is 5.32 Å². The van der Waals surface area contributed by atoms with Crippen molar-refractivity contribution in [3.63, 3.8) is 0 Å². The number of rotatable bonds is 8. The van der Waals surface area contributed by atoms with Crippen molar-refractivity contribution in [1.29, 1.82) is 0 Å². The Bertz CT molecular complexity index is 1790. The van der Waals surface area contributed by atoms with E-state index in [4.69, 9.17) is 4.98 Å². The molecule has 7 rings (SSSR count). The van der Waals surface area contributed by atoms with Crippen LogP contribution in [0, 0.1) is 5.92 Å². The van der Waals surface area contributed by atoms with Gasteiger partial charge in [0.25, 0.3) is 0 Å². The average Bonchev–Trinajstić information content (AvgIpc) is 3.32. The highest BCUT2D eigenvalue weighted by atomic mass is 19.4. The first-order valence-corrected chi connectivity index (χ1v) is 13.9. The molecule has 0 bridgehead atoms. The number of nitrogens with one attached hydrogen (secondary N) is 1. The Kier molecular flexibility index (Phi) is 6.07. The predicted molar refractivity (Wildman–Crippen MR) is 151 cm³/mol. The molecule has 0 radical (unpaired) electrons. The lowest BCUT2D eigenvalue weighted by Crippen LogP contribution is -2.36. The quantitative estimate of drug-likeness (QED) is 0.212. The van der Waals surface area contributed by atoms with Crippen molar-refractivity contribution >= 4 is 23.0 Å². The van der Waals surface area contributed by atoms with Crippen LogP contribution in [-0.2, 0) is 12.7 Å². The van der Waals surface area contributed by atoms with Crippen molar-refractivity contribution < 1.29 is 23.1 Å². The van der Waals surface area contributed by atoms with Gasteiger partial charge in [-0.25, -0.2) is 19.7 Å². The molecule has 3 heterocycles. The summed E-state index contributed by atoms with van der Waals surface area (Å²) >= 11 is 0. The number of carboxylic acids is 1. The van der Waals surface area contributed by atoms with E-state index in [0.717, 1.165) is 49.1 Å². The third-order valence-electron chi connectivity index (χ3n) is 8.47. The maximum absolute atomic E-state index is 13.3. The second-order valence-corrected chi connectivity index (χ2v) is 11.1. The Hall–Kier alpha value is -4.67. The number of aromatic carboxylic acids is 1. The van der Waals surface area contributed by atoms with Crippen LogP contribution in [0.5, 0.6) is 0 Å². The molecule has 0 aliphatic heterocycles. The maximum atomic E-state index is 13.3. The van der Waals surface area contributed by atoms with Crippen LogP contribution in [0.25, 0.3) is 28.2 Å². The third kappa shape index (κ3) is 4.68. The summed E-state index contributed by atoms with van der Waals surface area (Å²) in [4.78, 5) is 25.6. The lowest BCUT2D eigenvalue weighted by atomic mass is 9.78. The number of alkyl halides is 3. The predicted octanol–water partition coefficient (Wildman–Crippen LogP) is 6.79. The molecule has 42 heavy (non-hydrogen) atoms. The van der Waals surface area contributed by atoms with Gasteiger partial charge in [0.05, 0.1) is 5.56 Å². The third-order valence-corrected chi connectivity index (χ3v) is 8.47. The Morgan fingerprint density at radius 1 is 1.00 bits per heavy atom. The number of carboxylic acid groups (broad SMARTS) is 1. The minimum atomic E-state index is -4.44. The molecule has 2 N–H and O–H groups in total. The number of anilines is 1. The summed E-state index contributed by atoms with van der Waals surface area (Å²) in [6.07, 6.45) is 4.71. The summed E-state index contributed by atoms with van der Waals surface area (Å²) in [5.41, 5.74) is 2.12. The molecule has 2 saturated carbocycles. The zero-order valence-electron chi connectivity index (χ0n) is 22.5. The number of nitrogens with zero attached hydrogens (tertiary/aromatic N) is 5. The molecule has 0 unspecified atom stereocenters. The van der Waals surface area contributed by atoms with Gasteiger partial charge >= 0.3 is 12.1 Å². The van der Waals surface area contributed by atoms with E-state index in [1.54, 1.807) is 0 Å². The number of halogens is 3. The molecule has 0 saturated heterocycles. The summed E-state index contributed by atoms with van der Waals surface area (Å²) < 4.78 is 43.6. The van der Waals surface area contributed by atoms with Gasteiger partial charge in [0.1, 0.15) is 11.3 Å². The Balaban J connectivity index is 1.40. The van der Waals surface area contributed by atoms with Crippen molar-refractivity contribution in [1.82, 2.24) is 24.1 Å². The van der Waals surface area contributed by atoms with Crippen LogP contribution in [0.2, 0.25) is 0 Å². The van der Waals surface area contributed by atoms with Crippen LogP contribution in [0.4, 0.5) is 19.0 Å². The average molecular weight is 573 g/mol. The number of benzene rings is 2. The van der Waals surface area contributed by atoms with Gasteiger partial charge in [0.2, 0.25) is 5.82 Å². The van der Waals surface area contributed by atoms with Crippen molar-refractivity contribution in [3.05, 3.63) is 90.0 Å². The lowest BCUT2D eigenvalue weighted by Gasteiger charge is -2.35. The molecule has 5 aromatic rings. The topological polar surface area (TPSA) is 97.9 Å². The van der Waals surface area contributed by atoms with Gasteiger partial charge in [0, 0.05) is 35.7 Å². The number of hydrogen-bond acceptors (Lipinski definition) is 5. The van der Waals surface area contributed by atoms with E-state index in [0.29, 0.717) is 28.6 Å². The normalized spacial score (nSPS) is 16.4. The minimum absolute atomic E-state index is 0.146. The summed E-state index contributed by atoms with van der Waals surface area (Å²) in [6, 6.07) is 16.6. The SMILES string of the molecule is O=C(O)c1nc(NC2(C3CCC3)CC2)c2c(n1)nc(-c1cccc(-n3cccc3)c1)n2Cc1ccc(C(F)(F)F)cc1. The van der Waals surface area contributed by atoms with E-state index in [-0.39, 0.29) is 23.6 Å². The van der Waals surface area contributed by atoms with Gasteiger partial charge in [0.15, 0.2) is 11.5 Å². The van der Waals surface area contributed by atoms with Gasteiger partial charge in [-0.1, -0.05) is 30.7 Å². The molecule has 214 valence electrons. The molecular weight excluding hydrogens is 545 g/mol. The van der Waals surface area contributed by atoms with E-state index in [9.17, 15) is 23.1 Å².